The van der Waals surface area contributed by atoms with Crippen molar-refractivity contribution in [2.75, 3.05) is 6.54 Å². The lowest BCUT2D eigenvalue weighted by molar-refractivity contribution is 0.0238. The number of nitrogens with zero attached hydrogens (tertiary/aromatic N) is 3. The first-order chi connectivity index (χ1) is 7.19. The first-order valence-corrected chi connectivity index (χ1v) is 5.48. The molecule has 1 fully saturated rings. The van der Waals surface area contributed by atoms with E-state index in [0.29, 0.717) is 18.9 Å². The van der Waals surface area contributed by atoms with Gasteiger partial charge in [0.2, 0.25) is 0 Å². The molecule has 1 aliphatic carbocycles. The Labute approximate surface area is 89.3 Å². The first kappa shape index (κ1) is 10.6. The Hall–Kier alpha value is -0.940. The maximum atomic E-state index is 10.3. The molecule has 0 bridgehead atoms. The van der Waals surface area contributed by atoms with Gasteiger partial charge in [0.1, 0.15) is 12.2 Å². The molecule has 15 heavy (non-hydrogen) atoms. The highest BCUT2D eigenvalue weighted by Gasteiger charge is 2.43. The second kappa shape index (κ2) is 3.90. The van der Waals surface area contributed by atoms with Crippen LogP contribution in [0.15, 0.2) is 6.33 Å². The molecule has 0 amide bonds. The van der Waals surface area contributed by atoms with E-state index in [1.807, 2.05) is 11.6 Å². The smallest absolute Gasteiger partial charge is 0.138 e. The molecule has 1 aliphatic rings. The van der Waals surface area contributed by atoms with Crippen LogP contribution in [-0.4, -0.2) is 32.0 Å². The summed E-state index contributed by atoms with van der Waals surface area (Å²) in [6, 6.07) is 0. The van der Waals surface area contributed by atoms with Gasteiger partial charge in [-0.2, -0.15) is 5.10 Å². The summed E-state index contributed by atoms with van der Waals surface area (Å²) in [5.41, 5.74) is 4.87. The Kier molecular flexibility index (Phi) is 2.75. The van der Waals surface area contributed by atoms with Crippen LogP contribution in [0.2, 0.25) is 0 Å². The maximum absolute atomic E-state index is 10.3. The highest BCUT2D eigenvalue weighted by Crippen LogP contribution is 2.40. The molecule has 2 rings (SSSR count). The van der Waals surface area contributed by atoms with E-state index < -0.39 is 5.60 Å². The Bertz CT molecular complexity index is 334. The van der Waals surface area contributed by atoms with Crippen molar-refractivity contribution < 1.29 is 5.11 Å². The molecule has 1 unspecified atom stereocenters. The lowest BCUT2D eigenvalue weighted by Crippen LogP contribution is -2.43. The fourth-order valence-electron chi connectivity index (χ4n) is 1.97. The predicted octanol–water partition coefficient (Wildman–Crippen LogP) is -0.0597. The number of hydrogen-bond acceptors (Lipinski definition) is 4. The van der Waals surface area contributed by atoms with Crippen molar-refractivity contribution in [2.45, 2.75) is 38.3 Å². The summed E-state index contributed by atoms with van der Waals surface area (Å²) in [5.74, 6) is 1.18. The minimum Gasteiger partial charge on any atom is -0.388 e. The van der Waals surface area contributed by atoms with E-state index in [9.17, 15) is 5.11 Å². The molecule has 3 N–H and O–H groups in total. The quantitative estimate of drug-likeness (QED) is 0.714. The predicted molar refractivity (Wildman–Crippen MR) is 56.1 cm³/mol. The Balaban J connectivity index is 2.12. The minimum atomic E-state index is -0.778. The number of aromatic nitrogens is 3. The Morgan fingerprint density at radius 2 is 2.40 bits per heavy atom. The van der Waals surface area contributed by atoms with Crippen LogP contribution >= 0.6 is 0 Å². The van der Waals surface area contributed by atoms with Crippen LogP contribution in [0, 0.1) is 5.92 Å². The van der Waals surface area contributed by atoms with Crippen LogP contribution in [-0.2, 0) is 13.0 Å². The molecule has 1 aromatic heterocycles. The summed E-state index contributed by atoms with van der Waals surface area (Å²) in [6.45, 7) is 3.09. The molecule has 84 valence electrons. The van der Waals surface area contributed by atoms with Crippen LogP contribution < -0.4 is 5.73 Å². The summed E-state index contributed by atoms with van der Waals surface area (Å²) in [5, 5.41) is 14.4. The molecule has 0 spiro atoms. The van der Waals surface area contributed by atoms with Gasteiger partial charge in [-0.1, -0.05) is 0 Å². The van der Waals surface area contributed by atoms with E-state index in [1.165, 1.54) is 6.33 Å². The Morgan fingerprint density at radius 3 is 2.93 bits per heavy atom. The lowest BCUT2D eigenvalue weighted by atomic mass is 9.93. The second-order valence-electron chi connectivity index (χ2n) is 4.25. The van der Waals surface area contributed by atoms with Gasteiger partial charge in [0.05, 0.1) is 5.60 Å². The van der Waals surface area contributed by atoms with Gasteiger partial charge in [0, 0.05) is 19.5 Å². The summed E-state index contributed by atoms with van der Waals surface area (Å²) in [7, 11) is 0. The fourth-order valence-corrected chi connectivity index (χ4v) is 1.97. The lowest BCUT2D eigenvalue weighted by Gasteiger charge is -2.25. The second-order valence-corrected chi connectivity index (χ2v) is 4.25. The average Bonchev–Trinajstić information content (AvgIpc) is 3.01. The van der Waals surface area contributed by atoms with Crippen molar-refractivity contribution in [3.63, 3.8) is 0 Å². The molecule has 0 aliphatic heterocycles. The Morgan fingerprint density at radius 1 is 1.67 bits per heavy atom. The van der Waals surface area contributed by atoms with E-state index in [1.54, 1.807) is 0 Å². The molecule has 1 heterocycles. The van der Waals surface area contributed by atoms with Gasteiger partial charge in [-0.05, 0) is 25.7 Å². The van der Waals surface area contributed by atoms with Crippen molar-refractivity contribution in [3.05, 3.63) is 12.2 Å². The zero-order valence-electron chi connectivity index (χ0n) is 9.06. The van der Waals surface area contributed by atoms with Crippen LogP contribution in [0.4, 0.5) is 0 Å². The van der Waals surface area contributed by atoms with Gasteiger partial charge in [0.15, 0.2) is 0 Å². The standard InChI is InChI=1S/C10H18N4O/c1-2-14-9(12-7-13-14)5-10(15,6-11)8-3-4-8/h7-8,15H,2-6,11H2,1H3. The highest BCUT2D eigenvalue weighted by molar-refractivity contribution is 5.02. The normalized spacial score (nSPS) is 20.2. The van der Waals surface area contributed by atoms with Gasteiger partial charge >= 0.3 is 0 Å². The molecule has 0 aromatic carbocycles. The number of aryl methyl sites for hydroxylation is 1. The molecular formula is C10H18N4O. The van der Waals surface area contributed by atoms with Gasteiger partial charge in [-0.25, -0.2) is 4.98 Å². The molecule has 0 radical (unpaired) electrons. The van der Waals surface area contributed by atoms with Gasteiger partial charge in [0.25, 0.3) is 0 Å². The van der Waals surface area contributed by atoms with Gasteiger partial charge in [-0.15, -0.1) is 0 Å². The van der Waals surface area contributed by atoms with Gasteiger partial charge in [-0.3, -0.25) is 4.68 Å². The molecule has 1 aromatic rings. The van der Waals surface area contributed by atoms with E-state index in [-0.39, 0.29) is 0 Å². The number of aliphatic hydroxyl groups is 1. The van der Waals surface area contributed by atoms with Crippen molar-refractivity contribution in [1.29, 1.82) is 0 Å². The van der Waals surface area contributed by atoms with Crippen molar-refractivity contribution in [3.8, 4) is 0 Å². The van der Waals surface area contributed by atoms with E-state index >= 15 is 0 Å². The average molecular weight is 210 g/mol. The fraction of sp³-hybridized carbons (Fsp3) is 0.800. The molecule has 0 saturated heterocycles. The van der Waals surface area contributed by atoms with Crippen molar-refractivity contribution >= 4 is 0 Å². The van der Waals surface area contributed by atoms with Crippen LogP contribution in [0.3, 0.4) is 0 Å². The minimum absolute atomic E-state index is 0.300. The summed E-state index contributed by atoms with van der Waals surface area (Å²) in [4.78, 5) is 4.17. The van der Waals surface area contributed by atoms with E-state index in [4.69, 9.17) is 5.73 Å². The third kappa shape index (κ3) is 2.03. The van der Waals surface area contributed by atoms with Crippen LogP contribution in [0.25, 0.3) is 0 Å². The summed E-state index contributed by atoms with van der Waals surface area (Å²) in [6.07, 6.45) is 4.20. The number of nitrogens with two attached hydrogens (primary N) is 1. The van der Waals surface area contributed by atoms with Crippen LogP contribution in [0.5, 0.6) is 0 Å². The monoisotopic (exact) mass is 210 g/mol. The molecule has 1 saturated carbocycles. The highest BCUT2D eigenvalue weighted by atomic mass is 16.3. The maximum Gasteiger partial charge on any atom is 0.138 e. The number of hydrogen-bond donors (Lipinski definition) is 2. The molecule has 1 atom stereocenters. The molecular weight excluding hydrogens is 192 g/mol. The summed E-state index contributed by atoms with van der Waals surface area (Å²) < 4.78 is 1.81. The SMILES string of the molecule is CCn1ncnc1CC(O)(CN)C1CC1. The zero-order chi connectivity index (χ0) is 10.9. The van der Waals surface area contributed by atoms with Crippen molar-refractivity contribution in [2.24, 2.45) is 11.7 Å². The zero-order valence-corrected chi connectivity index (χ0v) is 9.06. The largest absolute Gasteiger partial charge is 0.388 e. The van der Waals surface area contributed by atoms with Gasteiger partial charge < -0.3 is 10.8 Å². The first-order valence-electron chi connectivity index (χ1n) is 5.48. The summed E-state index contributed by atoms with van der Waals surface area (Å²) >= 11 is 0. The van der Waals surface area contributed by atoms with E-state index in [2.05, 4.69) is 10.1 Å². The van der Waals surface area contributed by atoms with Crippen molar-refractivity contribution in [1.82, 2.24) is 14.8 Å². The third-order valence-corrected chi connectivity index (χ3v) is 3.15. The van der Waals surface area contributed by atoms with Crippen LogP contribution in [0.1, 0.15) is 25.6 Å². The third-order valence-electron chi connectivity index (χ3n) is 3.15. The number of rotatable bonds is 5. The topological polar surface area (TPSA) is 77.0 Å². The molecule has 5 nitrogen and oxygen atoms in total. The van der Waals surface area contributed by atoms with E-state index in [0.717, 1.165) is 25.2 Å². The molecule has 5 heteroatoms.